The van der Waals surface area contributed by atoms with E-state index in [1.807, 2.05) is 11.7 Å². The van der Waals surface area contributed by atoms with Gasteiger partial charge in [-0.05, 0) is 38.3 Å². The summed E-state index contributed by atoms with van der Waals surface area (Å²) in [7, 11) is 0. The third-order valence-electron chi connectivity index (χ3n) is 2.80. The van der Waals surface area contributed by atoms with E-state index in [9.17, 15) is 0 Å². The molecule has 0 bridgehead atoms. The topological polar surface area (TPSA) is 34.1 Å². The zero-order chi connectivity index (χ0) is 10.3. The first-order valence-corrected chi connectivity index (χ1v) is 6.49. The van der Waals surface area contributed by atoms with Crippen LogP contribution in [0, 0.1) is 5.92 Å². The van der Waals surface area contributed by atoms with Crippen molar-refractivity contribution in [1.29, 1.82) is 0 Å². The number of hydrogen-bond acceptors (Lipinski definition) is 4. The second-order valence-corrected chi connectivity index (χ2v) is 4.99. The van der Waals surface area contributed by atoms with Crippen molar-refractivity contribution >= 4 is 23.7 Å². The number of thiazole rings is 1. The molecule has 1 aliphatic heterocycles. The predicted molar refractivity (Wildman–Crippen MR) is 69.2 cm³/mol. The molecule has 5 heteroatoms. The molecule has 1 aliphatic rings. The van der Waals surface area contributed by atoms with Crippen LogP contribution in [0.2, 0.25) is 0 Å². The smallest absolute Gasteiger partial charge is 0.0825 e. The molecule has 2 heterocycles. The van der Waals surface area contributed by atoms with Crippen molar-refractivity contribution in [3.8, 4) is 0 Å². The Balaban J connectivity index is 0.00000128. The summed E-state index contributed by atoms with van der Waals surface area (Å²) < 4.78 is 5.62. The van der Waals surface area contributed by atoms with Crippen LogP contribution < -0.4 is 5.32 Å². The Hall–Kier alpha value is -0.160. The standard InChI is InChI=1S/C11H18N2OS.ClH/c1-2-10(6-12-4-1)3-5-14-8-11-7-13-9-15-11;/h7,9-10,12H,1-6,8H2;1H. The minimum atomic E-state index is 0. The second-order valence-electron chi connectivity index (χ2n) is 4.02. The van der Waals surface area contributed by atoms with Crippen LogP contribution in [0.4, 0.5) is 0 Å². The zero-order valence-electron chi connectivity index (χ0n) is 9.35. The first kappa shape index (κ1) is 13.9. The maximum atomic E-state index is 5.62. The molecule has 3 nitrogen and oxygen atoms in total. The third-order valence-corrected chi connectivity index (χ3v) is 3.55. The summed E-state index contributed by atoms with van der Waals surface area (Å²) in [6.07, 6.45) is 5.75. The normalized spacial score (nSPS) is 20.4. The lowest BCUT2D eigenvalue weighted by Crippen LogP contribution is -2.30. The van der Waals surface area contributed by atoms with Crippen molar-refractivity contribution in [2.24, 2.45) is 5.92 Å². The Bertz CT molecular complexity index is 263. The number of aromatic nitrogens is 1. The number of ether oxygens (including phenoxy) is 1. The molecule has 1 aromatic heterocycles. The minimum absolute atomic E-state index is 0. The van der Waals surface area contributed by atoms with E-state index in [4.69, 9.17) is 4.74 Å². The van der Waals surface area contributed by atoms with Gasteiger partial charge in [0.15, 0.2) is 0 Å². The lowest BCUT2D eigenvalue weighted by atomic mass is 9.97. The van der Waals surface area contributed by atoms with Crippen molar-refractivity contribution < 1.29 is 4.74 Å². The van der Waals surface area contributed by atoms with E-state index in [0.717, 1.165) is 19.1 Å². The number of rotatable bonds is 5. The van der Waals surface area contributed by atoms with Crippen LogP contribution in [-0.2, 0) is 11.3 Å². The zero-order valence-corrected chi connectivity index (χ0v) is 11.0. The molecule has 0 saturated carbocycles. The van der Waals surface area contributed by atoms with Gasteiger partial charge in [0.2, 0.25) is 0 Å². The van der Waals surface area contributed by atoms with Gasteiger partial charge in [-0.25, -0.2) is 0 Å². The highest BCUT2D eigenvalue weighted by atomic mass is 35.5. The van der Waals surface area contributed by atoms with Crippen molar-refractivity contribution in [2.45, 2.75) is 25.9 Å². The Kier molecular flexibility index (Phi) is 6.96. The molecule has 16 heavy (non-hydrogen) atoms. The van der Waals surface area contributed by atoms with Crippen LogP contribution in [0.5, 0.6) is 0 Å². The van der Waals surface area contributed by atoms with Crippen LogP contribution in [0.25, 0.3) is 0 Å². The fourth-order valence-electron chi connectivity index (χ4n) is 1.91. The summed E-state index contributed by atoms with van der Waals surface area (Å²) in [5.41, 5.74) is 1.85. The maximum absolute atomic E-state index is 5.62. The number of halogens is 1. The fraction of sp³-hybridized carbons (Fsp3) is 0.727. The van der Waals surface area contributed by atoms with Crippen LogP contribution in [0.3, 0.4) is 0 Å². The van der Waals surface area contributed by atoms with Crippen molar-refractivity contribution in [3.63, 3.8) is 0 Å². The van der Waals surface area contributed by atoms with E-state index >= 15 is 0 Å². The average Bonchev–Trinajstić information content (AvgIpc) is 2.79. The molecule has 1 atom stereocenters. The van der Waals surface area contributed by atoms with Crippen molar-refractivity contribution in [1.82, 2.24) is 10.3 Å². The molecule has 1 N–H and O–H groups in total. The van der Waals surface area contributed by atoms with Gasteiger partial charge < -0.3 is 10.1 Å². The largest absolute Gasteiger partial charge is 0.376 e. The van der Waals surface area contributed by atoms with E-state index in [1.165, 1.54) is 37.2 Å². The van der Waals surface area contributed by atoms with Gasteiger partial charge >= 0.3 is 0 Å². The maximum Gasteiger partial charge on any atom is 0.0825 e. The third kappa shape index (κ3) is 4.78. The van der Waals surface area contributed by atoms with Crippen molar-refractivity contribution in [3.05, 3.63) is 16.6 Å². The fourth-order valence-corrected chi connectivity index (χ4v) is 2.44. The van der Waals surface area contributed by atoms with Crippen LogP contribution in [-0.4, -0.2) is 24.7 Å². The molecular formula is C11H19ClN2OS. The number of nitrogens with one attached hydrogen (secondary N) is 1. The summed E-state index contributed by atoms with van der Waals surface area (Å²) in [6, 6.07) is 0. The van der Waals surface area contributed by atoms with Crippen molar-refractivity contribution in [2.75, 3.05) is 19.7 Å². The van der Waals surface area contributed by atoms with E-state index in [-0.39, 0.29) is 12.4 Å². The lowest BCUT2D eigenvalue weighted by molar-refractivity contribution is 0.105. The number of nitrogens with zero attached hydrogens (tertiary/aromatic N) is 1. The molecule has 2 rings (SSSR count). The first-order valence-electron chi connectivity index (χ1n) is 5.61. The molecule has 0 aromatic carbocycles. The Morgan fingerprint density at radius 2 is 2.50 bits per heavy atom. The summed E-state index contributed by atoms with van der Waals surface area (Å²) in [5, 5.41) is 3.43. The number of piperidine rings is 1. The minimum Gasteiger partial charge on any atom is -0.376 e. The Labute approximate surface area is 107 Å². The monoisotopic (exact) mass is 262 g/mol. The van der Waals surface area contributed by atoms with Gasteiger partial charge in [0.05, 0.1) is 17.0 Å². The van der Waals surface area contributed by atoms with Crippen LogP contribution in [0.15, 0.2) is 11.7 Å². The van der Waals surface area contributed by atoms with Gasteiger partial charge in [-0.1, -0.05) is 0 Å². The van der Waals surface area contributed by atoms with Gasteiger partial charge in [0.1, 0.15) is 0 Å². The quantitative estimate of drug-likeness (QED) is 0.828. The van der Waals surface area contributed by atoms with Gasteiger partial charge in [-0.2, -0.15) is 0 Å². The van der Waals surface area contributed by atoms with Gasteiger partial charge in [0, 0.05) is 12.8 Å². The summed E-state index contributed by atoms with van der Waals surface area (Å²) >= 11 is 1.66. The van der Waals surface area contributed by atoms with Gasteiger partial charge in [-0.3, -0.25) is 4.98 Å². The lowest BCUT2D eigenvalue weighted by Gasteiger charge is -2.22. The Morgan fingerprint density at radius 1 is 1.56 bits per heavy atom. The summed E-state index contributed by atoms with van der Waals surface area (Å²) in [5.74, 6) is 0.820. The molecule has 1 fully saturated rings. The molecule has 0 spiro atoms. The molecule has 1 unspecified atom stereocenters. The molecular weight excluding hydrogens is 244 g/mol. The van der Waals surface area contributed by atoms with E-state index in [1.54, 1.807) is 11.3 Å². The van der Waals surface area contributed by atoms with Gasteiger partial charge in [-0.15, -0.1) is 23.7 Å². The van der Waals surface area contributed by atoms with E-state index in [2.05, 4.69) is 10.3 Å². The molecule has 1 aromatic rings. The molecule has 0 amide bonds. The van der Waals surface area contributed by atoms with E-state index in [0.29, 0.717) is 0 Å². The highest BCUT2D eigenvalue weighted by molar-refractivity contribution is 7.09. The Morgan fingerprint density at radius 3 is 3.19 bits per heavy atom. The molecule has 1 saturated heterocycles. The first-order chi connectivity index (χ1) is 7.45. The predicted octanol–water partition coefficient (Wildman–Crippen LogP) is 2.47. The number of hydrogen-bond donors (Lipinski definition) is 1. The molecule has 92 valence electrons. The SMILES string of the molecule is Cl.c1ncc(COCCC2CCCNC2)s1. The summed E-state index contributed by atoms with van der Waals surface area (Å²) in [4.78, 5) is 5.24. The highest BCUT2D eigenvalue weighted by Crippen LogP contribution is 2.14. The molecule has 0 radical (unpaired) electrons. The highest BCUT2D eigenvalue weighted by Gasteiger charge is 2.12. The average molecular weight is 263 g/mol. The van der Waals surface area contributed by atoms with Crippen LogP contribution in [0.1, 0.15) is 24.1 Å². The van der Waals surface area contributed by atoms with Crippen LogP contribution >= 0.6 is 23.7 Å². The summed E-state index contributed by atoms with van der Waals surface area (Å²) in [6.45, 7) is 3.97. The molecule has 0 aliphatic carbocycles. The second kappa shape index (κ2) is 8.01. The van der Waals surface area contributed by atoms with E-state index < -0.39 is 0 Å². The van der Waals surface area contributed by atoms with Gasteiger partial charge in [0.25, 0.3) is 0 Å².